The van der Waals surface area contributed by atoms with E-state index in [1.54, 1.807) is 0 Å². The van der Waals surface area contributed by atoms with Crippen molar-refractivity contribution in [2.75, 3.05) is 13.2 Å². The molecule has 0 radical (unpaired) electrons. The van der Waals surface area contributed by atoms with Crippen LogP contribution in [0.5, 0.6) is 5.75 Å². The lowest BCUT2D eigenvalue weighted by molar-refractivity contribution is 0.0651. The van der Waals surface area contributed by atoms with Crippen molar-refractivity contribution in [3.8, 4) is 28.0 Å². The summed E-state index contributed by atoms with van der Waals surface area (Å²) in [4.78, 5) is 42.9. The Hall–Kier alpha value is -5.04. The second kappa shape index (κ2) is 14.2. The lowest BCUT2D eigenvalue weighted by atomic mass is 9.80. The molecule has 0 atom stereocenters. The molecule has 0 fully saturated rings. The van der Waals surface area contributed by atoms with Crippen molar-refractivity contribution >= 4 is 23.4 Å². The summed E-state index contributed by atoms with van der Waals surface area (Å²) in [5.41, 5.74) is 4.82. The molecule has 7 heteroatoms. The molecule has 1 aliphatic carbocycles. The summed E-state index contributed by atoms with van der Waals surface area (Å²) in [5.74, 6) is -2.42. The van der Waals surface area contributed by atoms with Gasteiger partial charge in [-0.2, -0.15) is 0 Å². The minimum Gasteiger partial charge on any atom is -0.494 e. The second-order valence-electron chi connectivity index (χ2n) is 11.2. The van der Waals surface area contributed by atoms with Gasteiger partial charge in [0.25, 0.3) is 0 Å². The van der Waals surface area contributed by atoms with E-state index in [1.807, 2.05) is 73.7 Å². The van der Waals surface area contributed by atoms with Gasteiger partial charge in [-0.05, 0) is 65.4 Å². The van der Waals surface area contributed by atoms with Gasteiger partial charge in [0, 0.05) is 28.8 Å². The average molecular weight is 604 g/mol. The predicted octanol–water partition coefficient (Wildman–Crippen LogP) is 8.56. The number of hydrogen-bond donors (Lipinski definition) is 2. The number of aromatic carboxylic acids is 2. The normalized spacial score (nSPS) is 12.9. The zero-order valence-electron chi connectivity index (χ0n) is 25.6. The molecule has 2 N–H and O–H groups in total. The van der Waals surface area contributed by atoms with Gasteiger partial charge in [-0.1, -0.05) is 88.1 Å². The molecule has 0 aliphatic heterocycles. The minimum absolute atomic E-state index is 0.129. The van der Waals surface area contributed by atoms with Crippen molar-refractivity contribution in [2.24, 2.45) is 4.99 Å². The summed E-state index contributed by atoms with van der Waals surface area (Å²) in [6.07, 6.45) is 6.12. The van der Waals surface area contributed by atoms with Gasteiger partial charge >= 0.3 is 11.9 Å². The molecule has 0 amide bonds. The highest BCUT2D eigenvalue weighted by Crippen LogP contribution is 2.38. The highest BCUT2D eigenvalue weighted by Gasteiger charge is 2.32. The predicted molar refractivity (Wildman–Crippen MR) is 176 cm³/mol. The molecule has 0 saturated heterocycles. The van der Waals surface area contributed by atoms with Crippen molar-refractivity contribution < 1.29 is 29.3 Å². The lowest BCUT2D eigenvalue weighted by Gasteiger charge is -2.23. The lowest BCUT2D eigenvalue weighted by Crippen LogP contribution is -2.24. The molecule has 7 nitrogen and oxygen atoms in total. The fraction of sp³-hybridized carbons (Fsp3) is 0.263. The van der Waals surface area contributed by atoms with Gasteiger partial charge in [0.15, 0.2) is 5.78 Å². The first-order valence-electron chi connectivity index (χ1n) is 15.5. The van der Waals surface area contributed by atoms with E-state index in [1.165, 1.54) is 18.6 Å². The summed E-state index contributed by atoms with van der Waals surface area (Å²) in [6.45, 7) is 5.33. The van der Waals surface area contributed by atoms with Crippen molar-refractivity contribution in [1.29, 1.82) is 0 Å². The van der Waals surface area contributed by atoms with Gasteiger partial charge < -0.3 is 14.9 Å². The van der Waals surface area contributed by atoms with E-state index in [-0.39, 0.29) is 16.9 Å². The van der Waals surface area contributed by atoms with Crippen LogP contribution in [0.15, 0.2) is 83.9 Å². The molecule has 45 heavy (non-hydrogen) atoms. The first kappa shape index (κ1) is 31.4. The Balaban J connectivity index is 1.64. The van der Waals surface area contributed by atoms with Crippen LogP contribution in [-0.2, 0) is 0 Å². The smallest absolute Gasteiger partial charge is 0.336 e. The van der Waals surface area contributed by atoms with Gasteiger partial charge in [0.05, 0.1) is 23.4 Å². The van der Waals surface area contributed by atoms with Gasteiger partial charge in [0.1, 0.15) is 5.75 Å². The number of nitrogens with zero attached hydrogens (tertiary/aromatic N) is 1. The number of fused-ring (bicyclic) bond motifs is 2. The number of ether oxygens (including phenoxy) is 1. The standard InChI is InChI=1S/C38H37NO6/c1-3-5-7-11-19-45-26-15-17-27(24-12-9-8-10-13-24)29(21-26)25-14-16-28-31(20-25)36(40)32-23-34(38(43)44)33(37(41)42)22-30(32)35(28)39-18-6-4-2/h8-10,12-17,20-23H,3-7,11,18-19H2,1-2H3,(H,41,42)(H,43,44). The number of benzene rings is 4. The first-order valence-corrected chi connectivity index (χ1v) is 15.5. The Kier molecular flexibility index (Phi) is 9.88. The largest absolute Gasteiger partial charge is 0.494 e. The summed E-state index contributed by atoms with van der Waals surface area (Å²) >= 11 is 0. The highest BCUT2D eigenvalue weighted by atomic mass is 16.5. The number of carbonyl (C=O) groups is 3. The van der Waals surface area contributed by atoms with Gasteiger partial charge in [0.2, 0.25) is 0 Å². The van der Waals surface area contributed by atoms with E-state index < -0.39 is 17.5 Å². The first-order chi connectivity index (χ1) is 21.8. The van der Waals surface area contributed by atoms with E-state index in [0.717, 1.165) is 60.1 Å². The fourth-order valence-corrected chi connectivity index (χ4v) is 5.69. The Labute approximate surface area is 263 Å². The topological polar surface area (TPSA) is 113 Å². The summed E-state index contributed by atoms with van der Waals surface area (Å²) in [7, 11) is 0. The molecule has 5 rings (SSSR count). The summed E-state index contributed by atoms with van der Waals surface area (Å²) in [6, 6.07) is 24.1. The fourth-order valence-electron chi connectivity index (χ4n) is 5.69. The van der Waals surface area contributed by atoms with Crippen LogP contribution < -0.4 is 4.74 Å². The van der Waals surface area contributed by atoms with E-state index in [0.29, 0.717) is 35.6 Å². The third kappa shape index (κ3) is 6.73. The van der Waals surface area contributed by atoms with Crippen LogP contribution in [0.1, 0.15) is 100 Å². The quantitative estimate of drug-likeness (QED) is 0.130. The van der Waals surface area contributed by atoms with Crippen LogP contribution in [-0.4, -0.2) is 46.8 Å². The van der Waals surface area contributed by atoms with Crippen LogP contribution in [0.3, 0.4) is 0 Å². The number of aliphatic imine (C=N–C) groups is 1. The molecular weight excluding hydrogens is 566 g/mol. The number of hydrogen-bond acceptors (Lipinski definition) is 5. The van der Waals surface area contributed by atoms with Crippen LogP contribution in [0, 0.1) is 0 Å². The number of carbonyl (C=O) groups excluding carboxylic acids is 1. The number of rotatable bonds is 13. The molecule has 4 aromatic rings. The zero-order chi connectivity index (χ0) is 31.9. The molecule has 230 valence electrons. The molecular formula is C38H37NO6. The van der Waals surface area contributed by atoms with Gasteiger partial charge in [-0.15, -0.1) is 0 Å². The number of carboxylic acid groups (broad SMARTS) is 2. The van der Waals surface area contributed by atoms with Crippen LogP contribution >= 0.6 is 0 Å². The number of carboxylic acids is 2. The molecule has 4 aromatic carbocycles. The Morgan fingerprint density at radius 1 is 0.644 bits per heavy atom. The molecule has 0 spiro atoms. The third-order valence-corrected chi connectivity index (χ3v) is 8.07. The maximum Gasteiger partial charge on any atom is 0.336 e. The van der Waals surface area contributed by atoms with E-state index >= 15 is 0 Å². The molecule has 0 bridgehead atoms. The Morgan fingerprint density at radius 3 is 2.00 bits per heavy atom. The van der Waals surface area contributed by atoms with Crippen LogP contribution in [0.25, 0.3) is 22.3 Å². The van der Waals surface area contributed by atoms with Crippen molar-refractivity contribution in [1.82, 2.24) is 0 Å². The molecule has 1 aliphatic rings. The third-order valence-electron chi connectivity index (χ3n) is 8.07. The van der Waals surface area contributed by atoms with E-state index in [2.05, 4.69) is 6.92 Å². The Bertz CT molecular complexity index is 1770. The van der Waals surface area contributed by atoms with Crippen molar-refractivity contribution in [2.45, 2.75) is 52.4 Å². The number of unbranched alkanes of at least 4 members (excludes halogenated alkanes) is 4. The molecule has 0 saturated carbocycles. The van der Waals surface area contributed by atoms with Gasteiger partial charge in [-0.25, -0.2) is 9.59 Å². The zero-order valence-corrected chi connectivity index (χ0v) is 25.6. The average Bonchev–Trinajstić information content (AvgIpc) is 3.05. The highest BCUT2D eigenvalue weighted by molar-refractivity contribution is 6.31. The molecule has 0 heterocycles. The maximum absolute atomic E-state index is 14.1. The van der Waals surface area contributed by atoms with Crippen LogP contribution in [0.4, 0.5) is 0 Å². The monoisotopic (exact) mass is 603 g/mol. The van der Waals surface area contributed by atoms with Crippen LogP contribution in [0.2, 0.25) is 0 Å². The van der Waals surface area contributed by atoms with Crippen molar-refractivity contribution in [3.05, 3.63) is 112 Å². The molecule has 0 aromatic heterocycles. The summed E-state index contributed by atoms with van der Waals surface area (Å²) in [5, 5.41) is 19.6. The second-order valence-corrected chi connectivity index (χ2v) is 11.2. The van der Waals surface area contributed by atoms with E-state index in [9.17, 15) is 24.6 Å². The molecule has 0 unspecified atom stereocenters. The van der Waals surface area contributed by atoms with Gasteiger partial charge in [-0.3, -0.25) is 9.79 Å². The van der Waals surface area contributed by atoms with E-state index in [4.69, 9.17) is 9.73 Å². The van der Waals surface area contributed by atoms with Crippen molar-refractivity contribution in [3.63, 3.8) is 0 Å². The maximum atomic E-state index is 14.1. The number of ketones is 1. The SMILES string of the molecule is CCCCCCOc1ccc(-c2ccccc2)c(-c2ccc3c(c2)C(=O)c2cc(C(=O)O)c(C(=O)O)cc2C3=NCCCC)c1. The Morgan fingerprint density at radius 2 is 1.31 bits per heavy atom. The summed E-state index contributed by atoms with van der Waals surface area (Å²) < 4.78 is 6.13. The minimum atomic E-state index is -1.41.